The van der Waals surface area contributed by atoms with Crippen molar-refractivity contribution in [2.45, 2.75) is 24.5 Å². The summed E-state index contributed by atoms with van der Waals surface area (Å²) in [5.74, 6) is 0. The van der Waals surface area contributed by atoms with Gasteiger partial charge in [0, 0.05) is 17.2 Å². The Labute approximate surface area is 105 Å². The fourth-order valence-electron chi connectivity index (χ4n) is 1.94. The second-order valence-electron chi connectivity index (χ2n) is 3.95. The molecule has 0 aliphatic carbocycles. The van der Waals surface area contributed by atoms with Gasteiger partial charge in [0.1, 0.15) is 6.10 Å². The van der Waals surface area contributed by atoms with E-state index in [0.29, 0.717) is 0 Å². The molecule has 2 heterocycles. The molecule has 0 amide bonds. The van der Waals surface area contributed by atoms with Gasteiger partial charge in [0.2, 0.25) is 0 Å². The Kier molecular flexibility index (Phi) is 3.67. The normalized spacial score (nSPS) is 30.0. The highest BCUT2D eigenvalue weighted by atomic mass is 16.5. The summed E-state index contributed by atoms with van der Waals surface area (Å²) >= 11 is 0. The summed E-state index contributed by atoms with van der Waals surface area (Å²) in [6, 6.07) is 0.0746. The molecule has 1 aromatic rings. The van der Waals surface area contributed by atoms with Crippen LogP contribution in [0.15, 0.2) is 27.0 Å². The van der Waals surface area contributed by atoms with E-state index in [4.69, 9.17) is 15.4 Å². The van der Waals surface area contributed by atoms with E-state index >= 15 is 0 Å². The molecule has 2 rings (SSSR count). The van der Waals surface area contributed by atoms with E-state index in [9.17, 15) is 14.7 Å². The summed E-state index contributed by atoms with van der Waals surface area (Å²) in [5.41, 5.74) is 7.05. The Bertz CT molecular complexity index is 618. The molecule has 10 nitrogen and oxygen atoms in total. The molecule has 102 valence electrons. The van der Waals surface area contributed by atoms with Gasteiger partial charge in [0.25, 0.3) is 5.56 Å². The molecule has 1 aromatic heterocycles. The van der Waals surface area contributed by atoms with Crippen molar-refractivity contribution in [2.75, 3.05) is 6.61 Å². The number of nitrogens with zero attached hydrogens (tertiary/aromatic N) is 4. The van der Waals surface area contributed by atoms with Crippen LogP contribution in [0.4, 0.5) is 0 Å². The third-order valence-electron chi connectivity index (χ3n) is 2.83. The maximum atomic E-state index is 11.6. The molecule has 0 radical (unpaired) electrons. The lowest BCUT2D eigenvalue weighted by atomic mass is 10.1. The van der Waals surface area contributed by atoms with Gasteiger partial charge in [0.15, 0.2) is 6.23 Å². The zero-order valence-electron chi connectivity index (χ0n) is 9.58. The highest BCUT2D eigenvalue weighted by Crippen LogP contribution is 2.30. The molecule has 0 saturated carbocycles. The van der Waals surface area contributed by atoms with Crippen molar-refractivity contribution in [3.8, 4) is 0 Å². The predicted octanol–water partition coefficient (Wildman–Crippen LogP) is -1.53. The molecule has 10 heteroatoms. The lowest BCUT2D eigenvalue weighted by Crippen LogP contribution is -2.37. The molecule has 0 bridgehead atoms. The van der Waals surface area contributed by atoms with Crippen molar-refractivity contribution in [3.05, 3.63) is 43.5 Å². The van der Waals surface area contributed by atoms with Crippen LogP contribution in [-0.4, -0.2) is 44.6 Å². The molecule has 0 spiro atoms. The van der Waals surface area contributed by atoms with Crippen LogP contribution in [0.2, 0.25) is 0 Å². The van der Waals surface area contributed by atoms with Gasteiger partial charge in [-0.05, 0) is 5.53 Å². The smallest absolute Gasteiger partial charge is 0.330 e. The van der Waals surface area contributed by atoms with Crippen molar-refractivity contribution in [1.82, 2.24) is 9.55 Å². The fraction of sp³-hybridized carbons (Fsp3) is 0.556. The molecular weight excluding hydrogens is 258 g/mol. The Morgan fingerprint density at radius 1 is 1.58 bits per heavy atom. The molecule has 1 fully saturated rings. The number of ether oxygens (including phenoxy) is 1. The third-order valence-corrected chi connectivity index (χ3v) is 2.83. The number of H-pyrrole nitrogens is 1. The minimum Gasteiger partial charge on any atom is -0.394 e. The van der Waals surface area contributed by atoms with Crippen LogP contribution in [0.5, 0.6) is 0 Å². The number of hydrogen-bond donors (Lipinski definition) is 3. The van der Waals surface area contributed by atoms with Gasteiger partial charge in [-0.3, -0.25) is 14.3 Å². The van der Waals surface area contributed by atoms with E-state index in [2.05, 4.69) is 10.0 Å². The molecular formula is C9H11N5O5. The van der Waals surface area contributed by atoms with Crippen LogP contribution in [0, 0.1) is 0 Å². The largest absolute Gasteiger partial charge is 0.394 e. The number of azide groups is 1. The second-order valence-corrected chi connectivity index (χ2v) is 3.95. The lowest BCUT2D eigenvalue weighted by Gasteiger charge is -2.16. The Hall–Kier alpha value is -2.13. The van der Waals surface area contributed by atoms with Crippen molar-refractivity contribution in [2.24, 2.45) is 5.11 Å². The van der Waals surface area contributed by atoms with Crippen molar-refractivity contribution < 1.29 is 14.9 Å². The van der Waals surface area contributed by atoms with E-state index in [0.717, 1.165) is 16.8 Å². The van der Waals surface area contributed by atoms with Crippen LogP contribution in [-0.2, 0) is 4.74 Å². The molecule has 4 atom stereocenters. The number of rotatable bonds is 3. The molecule has 1 aliphatic rings. The van der Waals surface area contributed by atoms with E-state index in [1.54, 1.807) is 0 Å². The lowest BCUT2D eigenvalue weighted by molar-refractivity contribution is -0.0532. The molecule has 0 aromatic carbocycles. The van der Waals surface area contributed by atoms with Crippen LogP contribution >= 0.6 is 0 Å². The summed E-state index contributed by atoms with van der Waals surface area (Å²) in [5, 5.41) is 22.4. The third kappa shape index (κ3) is 2.37. The zero-order chi connectivity index (χ0) is 14.0. The fourth-order valence-corrected chi connectivity index (χ4v) is 1.94. The average molecular weight is 269 g/mol. The monoisotopic (exact) mass is 269 g/mol. The first-order chi connectivity index (χ1) is 9.08. The van der Waals surface area contributed by atoms with Gasteiger partial charge in [-0.25, -0.2) is 4.79 Å². The van der Waals surface area contributed by atoms with E-state index < -0.39 is 42.3 Å². The van der Waals surface area contributed by atoms with Crippen LogP contribution in [0.1, 0.15) is 6.23 Å². The summed E-state index contributed by atoms with van der Waals surface area (Å²) in [7, 11) is 0. The first-order valence-electron chi connectivity index (χ1n) is 5.38. The Morgan fingerprint density at radius 2 is 2.32 bits per heavy atom. The van der Waals surface area contributed by atoms with Crippen LogP contribution in [0.25, 0.3) is 10.4 Å². The summed E-state index contributed by atoms with van der Waals surface area (Å²) in [6.45, 7) is -0.477. The highest BCUT2D eigenvalue weighted by Gasteiger charge is 2.44. The van der Waals surface area contributed by atoms with E-state index in [1.807, 2.05) is 4.98 Å². The predicted molar refractivity (Wildman–Crippen MR) is 61.3 cm³/mol. The molecule has 1 saturated heterocycles. The van der Waals surface area contributed by atoms with Gasteiger partial charge in [0.05, 0.1) is 18.8 Å². The number of aliphatic hydroxyl groups is 2. The Balaban J connectivity index is 2.38. The number of hydrogen-bond acceptors (Lipinski definition) is 6. The minimum atomic E-state index is -1.31. The molecule has 3 N–H and O–H groups in total. The SMILES string of the molecule is [N-]=[N+]=N[C@@H]1C(O)[C@H](n2ccc(=O)[nH]c2=O)O[C@@H]1CO. The topological polar surface area (TPSA) is 153 Å². The minimum absolute atomic E-state index is 0.477. The molecule has 1 aliphatic heterocycles. The summed E-state index contributed by atoms with van der Waals surface area (Å²) in [4.78, 5) is 27.1. The maximum Gasteiger partial charge on any atom is 0.330 e. The number of nitrogens with one attached hydrogen (secondary N) is 1. The summed E-state index contributed by atoms with van der Waals surface area (Å²) < 4.78 is 6.23. The highest BCUT2D eigenvalue weighted by molar-refractivity contribution is 4.96. The first kappa shape index (κ1) is 13.3. The van der Waals surface area contributed by atoms with Gasteiger partial charge in [-0.1, -0.05) is 5.11 Å². The quantitative estimate of drug-likeness (QED) is 0.345. The molecule has 1 unspecified atom stereocenters. The number of aromatic amines is 1. The van der Waals surface area contributed by atoms with Crippen molar-refractivity contribution in [1.29, 1.82) is 0 Å². The van der Waals surface area contributed by atoms with Crippen molar-refractivity contribution >= 4 is 0 Å². The van der Waals surface area contributed by atoms with Gasteiger partial charge >= 0.3 is 5.69 Å². The second kappa shape index (κ2) is 5.24. The maximum absolute atomic E-state index is 11.6. The summed E-state index contributed by atoms with van der Waals surface area (Å²) in [6.07, 6.45) is -2.22. The van der Waals surface area contributed by atoms with Crippen LogP contribution < -0.4 is 11.2 Å². The van der Waals surface area contributed by atoms with Gasteiger partial charge in [-0.15, -0.1) is 0 Å². The number of aromatic nitrogens is 2. The van der Waals surface area contributed by atoms with E-state index in [-0.39, 0.29) is 0 Å². The zero-order valence-corrected chi connectivity index (χ0v) is 9.58. The van der Waals surface area contributed by atoms with E-state index in [1.165, 1.54) is 0 Å². The van der Waals surface area contributed by atoms with Crippen molar-refractivity contribution in [3.63, 3.8) is 0 Å². The molecule has 19 heavy (non-hydrogen) atoms. The average Bonchev–Trinajstić information content (AvgIpc) is 2.68. The number of aliphatic hydroxyl groups excluding tert-OH is 2. The van der Waals surface area contributed by atoms with Gasteiger partial charge < -0.3 is 14.9 Å². The standard InChI is InChI=1S/C9H11N5O5/c10-13-12-6-4(3-15)19-8(7(6)17)14-2-1-5(16)11-9(14)18/h1-2,4,6-8,15,17H,3H2,(H,11,16,18)/t4-,6+,7?,8-/m1/s1. The first-order valence-corrected chi connectivity index (χ1v) is 5.38. The Morgan fingerprint density at radius 3 is 2.89 bits per heavy atom. The van der Waals surface area contributed by atoms with Crippen LogP contribution in [0.3, 0.4) is 0 Å². The van der Waals surface area contributed by atoms with Gasteiger partial charge in [-0.2, -0.15) is 0 Å².